The highest BCUT2D eigenvalue weighted by atomic mass is 16.3. The Kier molecular flexibility index (Phi) is 5.42. The van der Waals surface area contributed by atoms with Gasteiger partial charge in [0.2, 0.25) is 0 Å². The van der Waals surface area contributed by atoms with Gasteiger partial charge in [0.25, 0.3) is 5.91 Å². The Morgan fingerprint density at radius 2 is 2.29 bits per heavy atom. The maximum Gasteiger partial charge on any atom is 0.255 e. The Morgan fingerprint density at radius 3 is 2.94 bits per heavy atom. The molecule has 5 nitrogen and oxygen atoms in total. The number of aliphatic hydroxyl groups excluding tert-OH is 1. The number of carbonyl (C=O) groups excluding carboxylic acids is 1. The highest BCUT2D eigenvalue weighted by Crippen LogP contribution is 2.12. The SMILES string of the molecule is CC(C)Nc1ncccc1C(=O)NCCCO. The Bertz CT molecular complexity index is 367. The molecule has 17 heavy (non-hydrogen) atoms. The fourth-order valence-corrected chi connectivity index (χ4v) is 1.35. The predicted molar refractivity (Wildman–Crippen MR) is 67.0 cm³/mol. The van der Waals surface area contributed by atoms with E-state index >= 15 is 0 Å². The highest BCUT2D eigenvalue weighted by Gasteiger charge is 2.11. The van der Waals surface area contributed by atoms with Crippen molar-refractivity contribution in [2.75, 3.05) is 18.5 Å². The summed E-state index contributed by atoms with van der Waals surface area (Å²) in [6.45, 7) is 4.51. The van der Waals surface area contributed by atoms with E-state index < -0.39 is 0 Å². The Balaban J connectivity index is 2.71. The number of anilines is 1. The first-order valence-corrected chi connectivity index (χ1v) is 5.75. The van der Waals surface area contributed by atoms with Crippen molar-refractivity contribution in [3.05, 3.63) is 23.9 Å². The summed E-state index contributed by atoms with van der Waals surface area (Å²) in [6.07, 6.45) is 2.20. The van der Waals surface area contributed by atoms with Gasteiger partial charge in [-0.2, -0.15) is 0 Å². The van der Waals surface area contributed by atoms with Crippen LogP contribution in [0, 0.1) is 0 Å². The molecule has 0 aliphatic carbocycles. The lowest BCUT2D eigenvalue weighted by atomic mass is 10.2. The molecule has 0 saturated heterocycles. The minimum atomic E-state index is -0.172. The van der Waals surface area contributed by atoms with Gasteiger partial charge in [0.05, 0.1) is 5.56 Å². The van der Waals surface area contributed by atoms with Crippen molar-refractivity contribution in [1.29, 1.82) is 0 Å². The molecule has 1 rings (SSSR count). The molecule has 0 aliphatic heterocycles. The van der Waals surface area contributed by atoms with Gasteiger partial charge in [-0.25, -0.2) is 4.98 Å². The molecular formula is C12H19N3O2. The van der Waals surface area contributed by atoms with E-state index in [4.69, 9.17) is 5.11 Å². The Labute approximate surface area is 101 Å². The molecule has 1 aromatic rings. The molecule has 0 atom stereocenters. The third kappa shape index (κ3) is 4.40. The number of carbonyl (C=O) groups is 1. The normalized spacial score (nSPS) is 10.4. The van der Waals surface area contributed by atoms with Gasteiger partial charge in [-0.05, 0) is 32.4 Å². The van der Waals surface area contributed by atoms with Crippen molar-refractivity contribution in [3.63, 3.8) is 0 Å². The van der Waals surface area contributed by atoms with E-state index in [1.807, 2.05) is 13.8 Å². The van der Waals surface area contributed by atoms with E-state index in [1.54, 1.807) is 18.3 Å². The van der Waals surface area contributed by atoms with E-state index in [1.165, 1.54) is 0 Å². The van der Waals surface area contributed by atoms with Gasteiger partial charge in [-0.1, -0.05) is 0 Å². The summed E-state index contributed by atoms with van der Waals surface area (Å²) in [5.74, 6) is 0.415. The largest absolute Gasteiger partial charge is 0.396 e. The number of hydrogen-bond acceptors (Lipinski definition) is 4. The van der Waals surface area contributed by atoms with Gasteiger partial charge in [0.1, 0.15) is 5.82 Å². The first-order chi connectivity index (χ1) is 8.15. The van der Waals surface area contributed by atoms with Crippen molar-refractivity contribution in [3.8, 4) is 0 Å². The van der Waals surface area contributed by atoms with Crippen molar-refractivity contribution < 1.29 is 9.90 Å². The standard InChI is InChI=1S/C12H19N3O2/c1-9(2)15-11-10(5-3-6-13-11)12(17)14-7-4-8-16/h3,5-6,9,16H,4,7-8H2,1-2H3,(H,13,15)(H,14,17). The van der Waals surface area contributed by atoms with Crippen LogP contribution in [0.2, 0.25) is 0 Å². The quantitative estimate of drug-likeness (QED) is 0.646. The summed E-state index contributed by atoms with van der Waals surface area (Å²) < 4.78 is 0. The lowest BCUT2D eigenvalue weighted by molar-refractivity contribution is 0.0951. The van der Waals surface area contributed by atoms with E-state index in [2.05, 4.69) is 15.6 Å². The summed E-state index contributed by atoms with van der Waals surface area (Å²) in [5, 5.41) is 14.5. The average molecular weight is 237 g/mol. The number of nitrogens with one attached hydrogen (secondary N) is 2. The molecule has 0 bridgehead atoms. The number of pyridine rings is 1. The number of aromatic nitrogens is 1. The van der Waals surface area contributed by atoms with Crippen LogP contribution in [0.25, 0.3) is 0 Å². The smallest absolute Gasteiger partial charge is 0.255 e. The number of nitrogens with zero attached hydrogens (tertiary/aromatic N) is 1. The van der Waals surface area contributed by atoms with E-state index in [0.717, 1.165) is 0 Å². The molecule has 5 heteroatoms. The molecule has 0 spiro atoms. The fourth-order valence-electron chi connectivity index (χ4n) is 1.35. The molecule has 0 aromatic carbocycles. The topological polar surface area (TPSA) is 74.2 Å². The maximum absolute atomic E-state index is 11.8. The Morgan fingerprint density at radius 1 is 1.53 bits per heavy atom. The monoisotopic (exact) mass is 237 g/mol. The zero-order valence-electron chi connectivity index (χ0n) is 10.2. The van der Waals surface area contributed by atoms with Gasteiger partial charge >= 0.3 is 0 Å². The average Bonchev–Trinajstić information content (AvgIpc) is 2.29. The van der Waals surface area contributed by atoms with Gasteiger partial charge in [0.15, 0.2) is 0 Å². The maximum atomic E-state index is 11.8. The first-order valence-electron chi connectivity index (χ1n) is 5.75. The molecule has 1 amide bonds. The molecule has 3 N–H and O–H groups in total. The predicted octanol–water partition coefficient (Wildman–Crippen LogP) is 1.01. The summed E-state index contributed by atoms with van der Waals surface area (Å²) in [7, 11) is 0. The molecule has 0 unspecified atom stereocenters. The minimum Gasteiger partial charge on any atom is -0.396 e. The van der Waals surface area contributed by atoms with Crippen molar-refractivity contribution in [1.82, 2.24) is 10.3 Å². The second kappa shape index (κ2) is 6.85. The molecule has 0 fully saturated rings. The van der Waals surface area contributed by atoms with Crippen LogP contribution in [0.4, 0.5) is 5.82 Å². The van der Waals surface area contributed by atoms with Gasteiger partial charge in [-0.3, -0.25) is 4.79 Å². The van der Waals surface area contributed by atoms with Crippen LogP contribution in [0.1, 0.15) is 30.6 Å². The summed E-state index contributed by atoms with van der Waals surface area (Å²) in [5.41, 5.74) is 0.527. The molecule has 0 radical (unpaired) electrons. The lowest BCUT2D eigenvalue weighted by Crippen LogP contribution is -2.27. The highest BCUT2D eigenvalue weighted by molar-refractivity contribution is 5.98. The molecule has 94 valence electrons. The van der Waals surface area contributed by atoms with Crippen LogP contribution in [0.5, 0.6) is 0 Å². The third-order valence-electron chi connectivity index (χ3n) is 2.10. The minimum absolute atomic E-state index is 0.0738. The number of aliphatic hydroxyl groups is 1. The van der Waals surface area contributed by atoms with Crippen LogP contribution >= 0.6 is 0 Å². The van der Waals surface area contributed by atoms with E-state index in [-0.39, 0.29) is 18.6 Å². The zero-order chi connectivity index (χ0) is 12.7. The molecular weight excluding hydrogens is 218 g/mol. The summed E-state index contributed by atoms with van der Waals surface area (Å²) >= 11 is 0. The van der Waals surface area contributed by atoms with Crippen LogP contribution in [0.15, 0.2) is 18.3 Å². The summed E-state index contributed by atoms with van der Waals surface area (Å²) in [6, 6.07) is 3.67. The molecule has 1 aromatic heterocycles. The van der Waals surface area contributed by atoms with Crippen LogP contribution < -0.4 is 10.6 Å². The number of hydrogen-bond donors (Lipinski definition) is 3. The Hall–Kier alpha value is -1.62. The second-order valence-electron chi connectivity index (χ2n) is 4.03. The van der Waals surface area contributed by atoms with Crippen LogP contribution in [0.3, 0.4) is 0 Å². The first kappa shape index (κ1) is 13.4. The second-order valence-corrected chi connectivity index (χ2v) is 4.03. The molecule has 0 saturated carbocycles. The number of rotatable bonds is 6. The molecule has 1 heterocycles. The number of amides is 1. The van der Waals surface area contributed by atoms with E-state index in [9.17, 15) is 4.79 Å². The van der Waals surface area contributed by atoms with E-state index in [0.29, 0.717) is 24.3 Å². The lowest BCUT2D eigenvalue weighted by Gasteiger charge is -2.13. The van der Waals surface area contributed by atoms with Crippen LogP contribution in [-0.4, -0.2) is 35.2 Å². The zero-order valence-corrected chi connectivity index (χ0v) is 10.2. The van der Waals surface area contributed by atoms with Crippen molar-refractivity contribution in [2.45, 2.75) is 26.3 Å². The van der Waals surface area contributed by atoms with Crippen LogP contribution in [-0.2, 0) is 0 Å². The van der Waals surface area contributed by atoms with Gasteiger partial charge < -0.3 is 15.7 Å². The van der Waals surface area contributed by atoms with Gasteiger partial charge in [-0.15, -0.1) is 0 Å². The fraction of sp³-hybridized carbons (Fsp3) is 0.500. The van der Waals surface area contributed by atoms with Crippen molar-refractivity contribution in [2.24, 2.45) is 0 Å². The van der Waals surface area contributed by atoms with Crippen molar-refractivity contribution >= 4 is 11.7 Å². The van der Waals surface area contributed by atoms with Gasteiger partial charge in [0, 0.05) is 25.4 Å². The molecule has 0 aliphatic rings. The summed E-state index contributed by atoms with van der Waals surface area (Å²) in [4.78, 5) is 16.0. The third-order valence-corrected chi connectivity index (χ3v) is 2.10.